The number of rotatable bonds is 6. The molecule has 1 aliphatic rings. The van der Waals surface area contributed by atoms with Gasteiger partial charge < -0.3 is 5.32 Å². The van der Waals surface area contributed by atoms with E-state index in [0.717, 1.165) is 19.4 Å². The van der Waals surface area contributed by atoms with E-state index >= 15 is 0 Å². The highest BCUT2D eigenvalue weighted by molar-refractivity contribution is 5.75. The van der Waals surface area contributed by atoms with Gasteiger partial charge in [0.05, 0.1) is 6.10 Å². The van der Waals surface area contributed by atoms with Crippen LogP contribution in [0, 0.1) is 0 Å². The zero-order chi connectivity index (χ0) is 11.1. The van der Waals surface area contributed by atoms with E-state index in [4.69, 9.17) is 4.84 Å². The van der Waals surface area contributed by atoms with Crippen LogP contribution in [0.1, 0.15) is 46.0 Å². The van der Waals surface area contributed by atoms with Crippen LogP contribution in [-0.4, -0.2) is 24.6 Å². The summed E-state index contributed by atoms with van der Waals surface area (Å²) in [4.78, 5) is 16.7. The minimum Gasteiger partial charge on any atom is -0.314 e. The smallest absolute Gasteiger partial charge is 0.245 e. The molecule has 1 fully saturated rings. The van der Waals surface area contributed by atoms with Gasteiger partial charge in [-0.2, -0.15) is 0 Å². The molecule has 1 unspecified atom stereocenters. The van der Waals surface area contributed by atoms with Gasteiger partial charge in [0.15, 0.2) is 0 Å². The fraction of sp³-hybridized carbons (Fsp3) is 0.909. The molecule has 0 aromatic heterocycles. The summed E-state index contributed by atoms with van der Waals surface area (Å²) < 4.78 is 0. The molecule has 4 heteroatoms. The molecule has 0 bridgehead atoms. The van der Waals surface area contributed by atoms with Gasteiger partial charge in [0.1, 0.15) is 0 Å². The molecule has 88 valence electrons. The van der Waals surface area contributed by atoms with Gasteiger partial charge in [-0.15, -0.1) is 0 Å². The van der Waals surface area contributed by atoms with E-state index in [0.29, 0.717) is 6.42 Å². The average molecular weight is 214 g/mol. The Hall–Kier alpha value is -0.610. The first-order chi connectivity index (χ1) is 7.22. The predicted octanol–water partition coefficient (Wildman–Crippen LogP) is 1.36. The zero-order valence-corrected chi connectivity index (χ0v) is 9.71. The van der Waals surface area contributed by atoms with Crippen LogP contribution < -0.4 is 10.8 Å². The molecule has 0 saturated heterocycles. The Morgan fingerprint density at radius 3 is 2.73 bits per heavy atom. The van der Waals surface area contributed by atoms with E-state index in [1.54, 1.807) is 0 Å². The molecule has 0 aromatic rings. The van der Waals surface area contributed by atoms with Crippen molar-refractivity contribution >= 4 is 5.91 Å². The van der Waals surface area contributed by atoms with Gasteiger partial charge in [0, 0.05) is 12.5 Å². The topological polar surface area (TPSA) is 50.4 Å². The number of hydrogen-bond donors (Lipinski definition) is 2. The van der Waals surface area contributed by atoms with E-state index in [2.05, 4.69) is 10.8 Å². The molecule has 1 atom stereocenters. The van der Waals surface area contributed by atoms with Crippen LogP contribution in [0.15, 0.2) is 0 Å². The Balaban J connectivity index is 2.07. The van der Waals surface area contributed by atoms with Crippen molar-refractivity contribution in [2.24, 2.45) is 0 Å². The van der Waals surface area contributed by atoms with Crippen molar-refractivity contribution in [3.8, 4) is 0 Å². The van der Waals surface area contributed by atoms with Crippen LogP contribution in [0.25, 0.3) is 0 Å². The van der Waals surface area contributed by atoms with E-state index in [-0.39, 0.29) is 18.1 Å². The molecule has 0 heterocycles. The van der Waals surface area contributed by atoms with E-state index in [1.165, 1.54) is 12.8 Å². The molecule has 4 nitrogen and oxygen atoms in total. The second-order valence-electron chi connectivity index (χ2n) is 4.21. The molecule has 0 aliphatic heterocycles. The highest BCUT2D eigenvalue weighted by Gasteiger charge is 2.17. The highest BCUT2D eigenvalue weighted by Crippen LogP contribution is 2.19. The molecule has 15 heavy (non-hydrogen) atoms. The SMILES string of the molecule is CCNC(C)CC(=O)NOC1CCCC1. The molecule has 0 aromatic carbocycles. The number of hydrogen-bond acceptors (Lipinski definition) is 3. The van der Waals surface area contributed by atoms with Crippen LogP contribution in [-0.2, 0) is 9.63 Å². The molecular formula is C11H22N2O2. The zero-order valence-electron chi connectivity index (χ0n) is 9.71. The minimum atomic E-state index is -0.0321. The minimum absolute atomic E-state index is 0.0321. The van der Waals surface area contributed by atoms with E-state index in [9.17, 15) is 4.79 Å². The summed E-state index contributed by atoms with van der Waals surface area (Å²) in [6.45, 7) is 4.92. The monoisotopic (exact) mass is 214 g/mol. The molecule has 0 radical (unpaired) electrons. The lowest BCUT2D eigenvalue weighted by atomic mass is 10.2. The van der Waals surface area contributed by atoms with Crippen molar-refractivity contribution in [1.82, 2.24) is 10.8 Å². The van der Waals surface area contributed by atoms with E-state index < -0.39 is 0 Å². The van der Waals surface area contributed by atoms with Gasteiger partial charge in [0.25, 0.3) is 0 Å². The fourth-order valence-electron chi connectivity index (χ4n) is 1.90. The first-order valence-electron chi connectivity index (χ1n) is 5.90. The number of amides is 1. The maximum Gasteiger partial charge on any atom is 0.245 e. The summed E-state index contributed by atoms with van der Waals surface area (Å²) >= 11 is 0. The quantitative estimate of drug-likeness (QED) is 0.656. The van der Waals surface area contributed by atoms with Gasteiger partial charge in [-0.1, -0.05) is 19.8 Å². The van der Waals surface area contributed by atoms with Gasteiger partial charge >= 0.3 is 0 Å². The Morgan fingerprint density at radius 2 is 2.13 bits per heavy atom. The molecule has 1 aliphatic carbocycles. The van der Waals surface area contributed by atoms with Gasteiger partial charge in [0.2, 0.25) is 5.91 Å². The van der Waals surface area contributed by atoms with Crippen molar-refractivity contribution in [1.29, 1.82) is 0 Å². The largest absolute Gasteiger partial charge is 0.314 e. The van der Waals surface area contributed by atoms with Crippen LogP contribution in [0.2, 0.25) is 0 Å². The summed E-state index contributed by atoms with van der Waals surface area (Å²) in [7, 11) is 0. The third-order valence-corrected chi connectivity index (χ3v) is 2.69. The predicted molar refractivity (Wildman–Crippen MR) is 59.2 cm³/mol. The summed E-state index contributed by atoms with van der Waals surface area (Å²) in [5, 5.41) is 3.19. The van der Waals surface area contributed by atoms with Crippen LogP contribution in [0.4, 0.5) is 0 Å². The van der Waals surface area contributed by atoms with Crippen molar-refractivity contribution in [3.63, 3.8) is 0 Å². The lowest BCUT2D eigenvalue weighted by Gasteiger charge is -2.14. The van der Waals surface area contributed by atoms with Gasteiger partial charge in [-0.05, 0) is 26.3 Å². The van der Waals surface area contributed by atoms with Gasteiger partial charge in [-0.25, -0.2) is 5.48 Å². The average Bonchev–Trinajstić information content (AvgIpc) is 2.67. The Bertz CT molecular complexity index is 191. The standard InChI is InChI=1S/C11H22N2O2/c1-3-12-9(2)8-11(14)13-15-10-6-4-5-7-10/h9-10,12H,3-8H2,1-2H3,(H,13,14). The van der Waals surface area contributed by atoms with Crippen molar-refractivity contribution in [3.05, 3.63) is 0 Å². The number of nitrogens with one attached hydrogen (secondary N) is 2. The number of hydroxylamine groups is 1. The first kappa shape index (κ1) is 12.5. The van der Waals surface area contributed by atoms with Crippen LogP contribution in [0.3, 0.4) is 0 Å². The molecular weight excluding hydrogens is 192 g/mol. The van der Waals surface area contributed by atoms with Crippen LogP contribution >= 0.6 is 0 Å². The lowest BCUT2D eigenvalue weighted by Crippen LogP contribution is -2.35. The Labute approximate surface area is 91.7 Å². The summed E-state index contributed by atoms with van der Waals surface area (Å²) in [5.41, 5.74) is 2.53. The fourth-order valence-corrected chi connectivity index (χ4v) is 1.90. The highest BCUT2D eigenvalue weighted by atomic mass is 16.7. The Kier molecular flexibility index (Phi) is 5.65. The van der Waals surface area contributed by atoms with Crippen molar-refractivity contribution in [2.75, 3.05) is 6.54 Å². The summed E-state index contributed by atoms with van der Waals surface area (Å²) in [5.74, 6) is -0.0321. The summed E-state index contributed by atoms with van der Waals surface area (Å²) in [6.07, 6.45) is 5.29. The van der Waals surface area contributed by atoms with Crippen LogP contribution in [0.5, 0.6) is 0 Å². The molecule has 1 rings (SSSR count). The molecule has 2 N–H and O–H groups in total. The molecule has 1 saturated carbocycles. The lowest BCUT2D eigenvalue weighted by molar-refractivity contribution is -0.138. The molecule has 1 amide bonds. The number of carbonyl (C=O) groups is 1. The van der Waals surface area contributed by atoms with Gasteiger partial charge in [-0.3, -0.25) is 9.63 Å². The second-order valence-corrected chi connectivity index (χ2v) is 4.21. The maximum atomic E-state index is 11.4. The van der Waals surface area contributed by atoms with Crippen molar-refractivity contribution < 1.29 is 9.63 Å². The second kappa shape index (κ2) is 6.80. The first-order valence-corrected chi connectivity index (χ1v) is 5.90. The normalized spacial score (nSPS) is 19.1. The van der Waals surface area contributed by atoms with E-state index in [1.807, 2.05) is 13.8 Å². The maximum absolute atomic E-state index is 11.4. The molecule has 0 spiro atoms. The Morgan fingerprint density at radius 1 is 1.47 bits per heavy atom. The third kappa shape index (κ3) is 5.14. The summed E-state index contributed by atoms with van der Waals surface area (Å²) in [6, 6.07) is 0.210. The number of carbonyl (C=O) groups excluding carboxylic acids is 1. The third-order valence-electron chi connectivity index (χ3n) is 2.69. The van der Waals surface area contributed by atoms with Crippen molar-refractivity contribution in [2.45, 2.75) is 58.1 Å².